The molecule has 1 atom stereocenters. The van der Waals surface area contributed by atoms with E-state index in [0.717, 1.165) is 0 Å². The molecule has 1 fully saturated rings. The molecular formula is C11H14F4O6S. The number of carbonyl (C=O) groups is 2. The molecule has 0 aromatic rings. The van der Waals surface area contributed by atoms with E-state index in [0.29, 0.717) is 12.8 Å². The van der Waals surface area contributed by atoms with E-state index >= 15 is 0 Å². The van der Waals surface area contributed by atoms with E-state index in [1.54, 1.807) is 0 Å². The summed E-state index contributed by atoms with van der Waals surface area (Å²) in [6.07, 6.45) is -0.303. The smallest absolute Gasteiger partial charge is 0.431 e. The average molecular weight is 350 g/mol. The number of ketones is 1. The summed E-state index contributed by atoms with van der Waals surface area (Å²) in [5.41, 5.74) is 0. The van der Waals surface area contributed by atoms with Gasteiger partial charge in [0.15, 0.2) is 0 Å². The Morgan fingerprint density at radius 1 is 1.27 bits per heavy atom. The van der Waals surface area contributed by atoms with Crippen molar-refractivity contribution in [2.45, 2.75) is 43.3 Å². The molecule has 0 aromatic carbocycles. The van der Waals surface area contributed by atoms with Gasteiger partial charge in [0, 0.05) is 6.42 Å². The number of hydrogen-bond acceptors (Lipinski definition) is 5. The van der Waals surface area contributed by atoms with Gasteiger partial charge < -0.3 is 4.74 Å². The van der Waals surface area contributed by atoms with E-state index < -0.39 is 52.0 Å². The maximum absolute atomic E-state index is 13.1. The van der Waals surface area contributed by atoms with Crippen LogP contribution in [0.2, 0.25) is 0 Å². The zero-order valence-corrected chi connectivity index (χ0v) is 12.0. The van der Waals surface area contributed by atoms with Gasteiger partial charge in [-0.05, 0) is 12.8 Å². The van der Waals surface area contributed by atoms with Gasteiger partial charge in [-0.3, -0.25) is 14.1 Å². The summed E-state index contributed by atoms with van der Waals surface area (Å²) in [7, 11) is -6.32. The number of halogens is 4. The van der Waals surface area contributed by atoms with Gasteiger partial charge >= 0.3 is 27.3 Å². The molecule has 128 valence electrons. The highest BCUT2D eigenvalue weighted by molar-refractivity contribution is 7.87. The van der Waals surface area contributed by atoms with E-state index in [1.165, 1.54) is 0 Å². The highest BCUT2D eigenvalue weighted by Crippen LogP contribution is 2.40. The zero-order valence-electron chi connectivity index (χ0n) is 11.2. The van der Waals surface area contributed by atoms with E-state index in [4.69, 9.17) is 4.55 Å². The van der Waals surface area contributed by atoms with Crippen molar-refractivity contribution in [2.24, 2.45) is 5.92 Å². The van der Waals surface area contributed by atoms with Crippen LogP contribution in [0.1, 0.15) is 32.1 Å². The summed E-state index contributed by atoms with van der Waals surface area (Å²) in [4.78, 5) is 22.9. The number of rotatable bonds is 6. The largest absolute Gasteiger partial charge is 0.465 e. The van der Waals surface area contributed by atoms with Crippen molar-refractivity contribution in [3.63, 3.8) is 0 Å². The second-order valence-corrected chi connectivity index (χ2v) is 6.34. The molecule has 0 radical (unpaired) electrons. The Bertz CT molecular complexity index is 545. The highest BCUT2D eigenvalue weighted by Gasteiger charge is 2.65. The Morgan fingerprint density at radius 3 is 2.36 bits per heavy atom. The van der Waals surface area contributed by atoms with Crippen molar-refractivity contribution in [2.75, 3.05) is 6.61 Å². The summed E-state index contributed by atoms with van der Waals surface area (Å²) < 4.78 is 85.0. The van der Waals surface area contributed by atoms with Crippen LogP contribution >= 0.6 is 0 Å². The molecule has 1 N–H and O–H groups in total. The summed E-state index contributed by atoms with van der Waals surface area (Å²) in [6, 6.07) is 0. The van der Waals surface area contributed by atoms with Crippen molar-refractivity contribution in [3.8, 4) is 0 Å². The summed E-state index contributed by atoms with van der Waals surface area (Å²) >= 11 is 0. The van der Waals surface area contributed by atoms with Gasteiger partial charge in [-0.25, -0.2) is 0 Å². The number of carbonyl (C=O) groups excluding carboxylic acids is 2. The third kappa shape index (κ3) is 3.94. The monoisotopic (exact) mass is 350 g/mol. The molecule has 0 aromatic heterocycles. The fourth-order valence-corrected chi connectivity index (χ4v) is 2.43. The van der Waals surface area contributed by atoms with Gasteiger partial charge in [0.2, 0.25) is 0 Å². The summed E-state index contributed by atoms with van der Waals surface area (Å²) in [5.74, 6) is -7.75. The first-order valence-electron chi connectivity index (χ1n) is 6.32. The fraction of sp³-hybridized carbons (Fsp3) is 0.818. The Kier molecular flexibility index (Phi) is 5.55. The lowest BCUT2D eigenvalue weighted by Gasteiger charge is -2.24. The van der Waals surface area contributed by atoms with Gasteiger partial charge in [0.05, 0.1) is 13.0 Å². The minimum absolute atomic E-state index is 0.150. The van der Waals surface area contributed by atoms with Crippen molar-refractivity contribution in [3.05, 3.63) is 0 Å². The predicted molar refractivity (Wildman–Crippen MR) is 64.0 cm³/mol. The van der Waals surface area contributed by atoms with Crippen LogP contribution in [0.5, 0.6) is 0 Å². The summed E-state index contributed by atoms with van der Waals surface area (Å²) in [5, 5.41) is -5.70. The van der Waals surface area contributed by atoms with E-state index in [-0.39, 0.29) is 12.8 Å². The Balaban J connectivity index is 2.59. The molecule has 1 saturated carbocycles. The topological polar surface area (TPSA) is 97.7 Å². The molecule has 1 rings (SSSR count). The lowest BCUT2D eigenvalue weighted by atomic mass is 9.88. The number of ether oxygens (including phenoxy) is 1. The first kappa shape index (κ1) is 18.8. The molecule has 6 nitrogen and oxygen atoms in total. The highest BCUT2D eigenvalue weighted by atomic mass is 32.2. The predicted octanol–water partition coefficient (Wildman–Crippen LogP) is 1.79. The van der Waals surface area contributed by atoms with Crippen LogP contribution < -0.4 is 0 Å². The average Bonchev–Trinajstić information content (AvgIpc) is 2.37. The SMILES string of the molecule is O=C1CCCCC1C(=O)OCCC(F)(F)C(F)(F)S(=O)(=O)O. The Morgan fingerprint density at radius 2 is 1.86 bits per heavy atom. The quantitative estimate of drug-likeness (QED) is 0.339. The molecule has 0 amide bonds. The molecule has 1 aliphatic carbocycles. The molecule has 1 aliphatic rings. The maximum Gasteiger partial charge on any atom is 0.431 e. The molecule has 0 bridgehead atoms. The Labute approximate surface area is 123 Å². The molecule has 0 spiro atoms. The van der Waals surface area contributed by atoms with Crippen LogP contribution in [-0.4, -0.2) is 42.5 Å². The number of hydrogen-bond donors (Lipinski definition) is 1. The molecule has 0 aliphatic heterocycles. The molecule has 1 unspecified atom stereocenters. The fourth-order valence-electron chi connectivity index (χ4n) is 1.95. The normalized spacial score (nSPS) is 20.8. The minimum Gasteiger partial charge on any atom is -0.465 e. The van der Waals surface area contributed by atoms with Crippen LogP contribution in [0.3, 0.4) is 0 Å². The van der Waals surface area contributed by atoms with Gasteiger partial charge in [0.25, 0.3) is 0 Å². The lowest BCUT2D eigenvalue weighted by Crippen LogP contribution is -2.47. The maximum atomic E-state index is 13.1. The van der Waals surface area contributed by atoms with E-state index in [9.17, 15) is 35.6 Å². The first-order chi connectivity index (χ1) is 9.90. The van der Waals surface area contributed by atoms with Crippen molar-refractivity contribution in [1.29, 1.82) is 0 Å². The third-order valence-corrected chi connectivity index (χ3v) is 4.20. The van der Waals surface area contributed by atoms with Crippen molar-refractivity contribution < 1.29 is 44.9 Å². The van der Waals surface area contributed by atoms with Crippen LogP contribution in [0.15, 0.2) is 0 Å². The molecular weight excluding hydrogens is 336 g/mol. The van der Waals surface area contributed by atoms with Crippen molar-refractivity contribution >= 4 is 21.9 Å². The molecule has 0 saturated heterocycles. The third-order valence-electron chi connectivity index (χ3n) is 3.25. The Hall–Kier alpha value is -1.23. The van der Waals surface area contributed by atoms with Crippen LogP contribution in [-0.2, 0) is 24.4 Å². The van der Waals surface area contributed by atoms with Gasteiger partial charge in [-0.15, -0.1) is 0 Å². The van der Waals surface area contributed by atoms with E-state index in [1.807, 2.05) is 0 Å². The standard InChI is InChI=1S/C11H14F4O6S/c12-10(13,11(14,15)22(18,19)20)5-6-21-9(17)7-3-1-2-4-8(7)16/h7H,1-6H2,(H,18,19,20). The molecule has 22 heavy (non-hydrogen) atoms. The van der Waals surface area contributed by atoms with Crippen LogP contribution in [0.25, 0.3) is 0 Å². The van der Waals surface area contributed by atoms with E-state index in [2.05, 4.69) is 4.74 Å². The van der Waals surface area contributed by atoms with Gasteiger partial charge in [0.1, 0.15) is 11.7 Å². The van der Waals surface area contributed by atoms with Crippen LogP contribution in [0.4, 0.5) is 17.6 Å². The van der Waals surface area contributed by atoms with Crippen molar-refractivity contribution in [1.82, 2.24) is 0 Å². The van der Waals surface area contributed by atoms with Gasteiger partial charge in [-0.1, -0.05) is 6.42 Å². The number of alkyl halides is 4. The minimum atomic E-state index is -6.32. The zero-order chi connectivity index (χ0) is 17.2. The van der Waals surface area contributed by atoms with Crippen LogP contribution in [0, 0.1) is 5.92 Å². The molecule has 11 heteroatoms. The number of Topliss-reactive ketones (excluding diaryl/α,β-unsaturated/α-hetero) is 1. The lowest BCUT2D eigenvalue weighted by molar-refractivity contribution is -0.176. The second-order valence-electron chi connectivity index (χ2n) is 4.88. The van der Waals surface area contributed by atoms with Gasteiger partial charge in [-0.2, -0.15) is 26.0 Å². The second kappa shape index (κ2) is 6.49. The number of esters is 1. The summed E-state index contributed by atoms with van der Waals surface area (Å²) in [6.45, 7) is -1.21. The first-order valence-corrected chi connectivity index (χ1v) is 7.76. The molecule has 0 heterocycles.